The first kappa shape index (κ1) is 22.6. The number of hydrogen-bond donors (Lipinski definition) is 2. The lowest BCUT2D eigenvalue weighted by molar-refractivity contribution is -0.00834. The van der Waals surface area contributed by atoms with Gasteiger partial charge in [0, 0.05) is 43.8 Å². The normalized spacial score (nSPS) is 16.5. The lowest BCUT2D eigenvalue weighted by atomic mass is 10.0. The number of ether oxygens (including phenoxy) is 1. The van der Waals surface area contributed by atoms with Gasteiger partial charge in [0.05, 0.1) is 19.8 Å². The fraction of sp³-hybridized carbons (Fsp3) is 0.667. The Kier molecular flexibility index (Phi) is 8.66. The molecule has 0 radical (unpaired) electrons. The quantitative estimate of drug-likeness (QED) is 0.523. The molecule has 0 amide bonds. The second kappa shape index (κ2) is 10.7. The van der Waals surface area contributed by atoms with E-state index in [-0.39, 0.29) is 11.4 Å². The summed E-state index contributed by atoms with van der Waals surface area (Å²) < 4.78 is 19.4. The molecule has 1 aromatic carbocycles. The maximum absolute atomic E-state index is 14.0. The highest BCUT2D eigenvalue weighted by atomic mass is 19.1. The molecule has 2 rings (SSSR count). The summed E-state index contributed by atoms with van der Waals surface area (Å²) in [5.74, 6) is 0.612. The fourth-order valence-corrected chi connectivity index (χ4v) is 3.28. The molecule has 158 valence electrons. The van der Waals surface area contributed by atoms with Gasteiger partial charge in [-0.2, -0.15) is 0 Å². The average Bonchev–Trinajstić information content (AvgIpc) is 2.66. The van der Waals surface area contributed by atoms with Crippen LogP contribution in [0.5, 0.6) is 0 Å². The minimum Gasteiger partial charge on any atom is -0.379 e. The number of hydrogen-bond acceptors (Lipinski definition) is 4. The van der Waals surface area contributed by atoms with Gasteiger partial charge in [0.2, 0.25) is 0 Å². The zero-order chi connectivity index (χ0) is 20.6. The van der Waals surface area contributed by atoms with E-state index >= 15 is 0 Å². The van der Waals surface area contributed by atoms with Gasteiger partial charge in [-0.05, 0) is 52.6 Å². The van der Waals surface area contributed by atoms with E-state index < -0.39 is 0 Å². The Labute approximate surface area is 169 Å². The minimum absolute atomic E-state index is 0.00866. The van der Waals surface area contributed by atoms with Crippen molar-refractivity contribution in [2.24, 2.45) is 4.99 Å². The van der Waals surface area contributed by atoms with E-state index in [4.69, 9.17) is 9.73 Å². The molecule has 0 bridgehead atoms. The summed E-state index contributed by atoms with van der Waals surface area (Å²) in [6, 6.07) is 5.24. The molecular formula is C21H36FN5O. The first-order chi connectivity index (χ1) is 13.3. The van der Waals surface area contributed by atoms with Crippen molar-refractivity contribution in [3.63, 3.8) is 0 Å². The maximum Gasteiger partial charge on any atom is 0.191 e. The Hall–Kier alpha value is -1.70. The molecule has 0 aromatic heterocycles. The molecule has 1 aliphatic rings. The van der Waals surface area contributed by atoms with Crippen LogP contribution in [0, 0.1) is 5.82 Å². The summed E-state index contributed by atoms with van der Waals surface area (Å²) in [5, 5.41) is 6.76. The van der Waals surface area contributed by atoms with Crippen LogP contribution in [-0.4, -0.2) is 74.8 Å². The number of halogens is 1. The van der Waals surface area contributed by atoms with Crippen LogP contribution in [0.1, 0.15) is 31.9 Å². The van der Waals surface area contributed by atoms with Crippen molar-refractivity contribution in [2.45, 2.75) is 39.4 Å². The van der Waals surface area contributed by atoms with Gasteiger partial charge < -0.3 is 20.3 Å². The van der Waals surface area contributed by atoms with Crippen molar-refractivity contribution in [3.05, 3.63) is 35.1 Å². The summed E-state index contributed by atoms with van der Waals surface area (Å²) in [4.78, 5) is 9.11. The molecule has 28 heavy (non-hydrogen) atoms. The highest BCUT2D eigenvalue weighted by Crippen LogP contribution is 2.15. The summed E-state index contributed by atoms with van der Waals surface area (Å²) in [6.07, 6.45) is 0. The molecule has 7 heteroatoms. The van der Waals surface area contributed by atoms with E-state index in [1.807, 2.05) is 25.1 Å². The predicted octanol–water partition coefficient (Wildman–Crippen LogP) is 2.05. The molecule has 0 aliphatic carbocycles. The van der Waals surface area contributed by atoms with Crippen LogP contribution >= 0.6 is 0 Å². The van der Waals surface area contributed by atoms with E-state index in [0.717, 1.165) is 50.9 Å². The van der Waals surface area contributed by atoms with Crippen molar-refractivity contribution in [1.82, 2.24) is 20.4 Å². The minimum atomic E-state index is -0.168. The number of benzene rings is 1. The zero-order valence-electron chi connectivity index (χ0n) is 18.0. The Bertz CT molecular complexity index is 642. The average molecular weight is 394 g/mol. The molecule has 0 atom stereocenters. The third-order valence-electron chi connectivity index (χ3n) is 4.92. The van der Waals surface area contributed by atoms with Gasteiger partial charge in [-0.25, -0.2) is 9.38 Å². The van der Waals surface area contributed by atoms with Crippen LogP contribution in [0.2, 0.25) is 0 Å². The van der Waals surface area contributed by atoms with Crippen molar-refractivity contribution in [3.8, 4) is 0 Å². The third kappa shape index (κ3) is 7.04. The topological polar surface area (TPSA) is 52.1 Å². The number of nitrogens with zero attached hydrogens (tertiary/aromatic N) is 3. The molecule has 0 unspecified atom stereocenters. The molecule has 1 aromatic rings. The third-order valence-corrected chi connectivity index (χ3v) is 4.92. The van der Waals surface area contributed by atoms with Crippen LogP contribution in [0.3, 0.4) is 0 Å². The van der Waals surface area contributed by atoms with Crippen molar-refractivity contribution in [1.29, 1.82) is 0 Å². The van der Waals surface area contributed by atoms with E-state index in [1.165, 1.54) is 6.07 Å². The highest BCUT2D eigenvalue weighted by molar-refractivity contribution is 5.79. The van der Waals surface area contributed by atoms with Crippen LogP contribution in [0.4, 0.5) is 4.39 Å². The van der Waals surface area contributed by atoms with Crippen molar-refractivity contribution < 1.29 is 9.13 Å². The number of rotatable bonds is 8. The first-order valence-corrected chi connectivity index (χ1v) is 10.1. The van der Waals surface area contributed by atoms with Gasteiger partial charge in [0.25, 0.3) is 0 Å². The number of guanidine groups is 1. The van der Waals surface area contributed by atoms with Crippen molar-refractivity contribution in [2.75, 3.05) is 53.5 Å². The van der Waals surface area contributed by atoms with Crippen molar-refractivity contribution >= 4 is 5.96 Å². The summed E-state index contributed by atoms with van der Waals surface area (Å²) in [6.45, 7) is 12.7. The van der Waals surface area contributed by atoms with Gasteiger partial charge in [0.1, 0.15) is 5.82 Å². The molecule has 1 aliphatic heterocycles. The summed E-state index contributed by atoms with van der Waals surface area (Å²) in [7, 11) is 3.88. The Morgan fingerprint density at radius 3 is 2.61 bits per heavy atom. The number of nitrogens with one attached hydrogen (secondary N) is 2. The lowest BCUT2D eigenvalue weighted by Gasteiger charge is -2.41. The maximum atomic E-state index is 14.0. The molecule has 1 heterocycles. The van der Waals surface area contributed by atoms with Crippen LogP contribution in [0.15, 0.2) is 23.2 Å². The molecular weight excluding hydrogens is 357 g/mol. The van der Waals surface area contributed by atoms with E-state index in [1.54, 1.807) is 6.07 Å². The number of aliphatic imine (C=N–C) groups is 1. The summed E-state index contributed by atoms with van der Waals surface area (Å²) >= 11 is 0. The number of morpholine rings is 1. The molecule has 1 fully saturated rings. The second-order valence-electron chi connectivity index (χ2n) is 8.12. The second-order valence-corrected chi connectivity index (χ2v) is 8.12. The van der Waals surface area contributed by atoms with E-state index in [0.29, 0.717) is 18.7 Å². The van der Waals surface area contributed by atoms with E-state index in [9.17, 15) is 4.39 Å². The van der Waals surface area contributed by atoms with Crippen LogP contribution in [-0.2, 0) is 17.8 Å². The van der Waals surface area contributed by atoms with Gasteiger partial charge in [-0.1, -0.05) is 6.07 Å². The molecule has 1 saturated heterocycles. The van der Waals surface area contributed by atoms with Crippen LogP contribution < -0.4 is 10.6 Å². The Morgan fingerprint density at radius 1 is 1.25 bits per heavy atom. The lowest BCUT2D eigenvalue weighted by Crippen LogP contribution is -2.56. The standard InChI is InChI=1S/C21H36FN5O/c1-6-23-20(25-16-21(2,3)27-9-11-28-12-10-27)24-14-17-7-8-19(22)18(13-17)15-26(4)5/h7-8,13H,6,9-12,14-16H2,1-5H3,(H2,23,24,25). The van der Waals surface area contributed by atoms with Gasteiger partial charge in [-0.15, -0.1) is 0 Å². The van der Waals surface area contributed by atoms with E-state index in [2.05, 4.69) is 36.3 Å². The monoisotopic (exact) mass is 393 g/mol. The predicted molar refractivity (Wildman–Crippen MR) is 113 cm³/mol. The van der Waals surface area contributed by atoms with Gasteiger partial charge >= 0.3 is 0 Å². The molecule has 0 saturated carbocycles. The Morgan fingerprint density at radius 2 is 1.96 bits per heavy atom. The van der Waals surface area contributed by atoms with Gasteiger partial charge in [0.15, 0.2) is 5.96 Å². The zero-order valence-corrected chi connectivity index (χ0v) is 18.0. The molecule has 6 nitrogen and oxygen atoms in total. The van der Waals surface area contributed by atoms with Crippen LogP contribution in [0.25, 0.3) is 0 Å². The summed E-state index contributed by atoms with van der Waals surface area (Å²) in [5.41, 5.74) is 1.71. The highest BCUT2D eigenvalue weighted by Gasteiger charge is 2.28. The fourth-order valence-electron chi connectivity index (χ4n) is 3.28. The smallest absolute Gasteiger partial charge is 0.191 e. The largest absolute Gasteiger partial charge is 0.379 e. The SMILES string of the molecule is CCNC(=NCc1ccc(F)c(CN(C)C)c1)NCC(C)(C)N1CCOCC1. The first-order valence-electron chi connectivity index (χ1n) is 10.1. The molecule has 2 N–H and O–H groups in total. The van der Waals surface area contributed by atoms with Gasteiger partial charge in [-0.3, -0.25) is 4.90 Å². The molecule has 0 spiro atoms. The Balaban J connectivity index is 1.99.